The highest BCUT2D eigenvalue weighted by Crippen LogP contribution is 2.47. The van der Waals surface area contributed by atoms with Gasteiger partial charge in [-0.3, -0.25) is 14.5 Å². The van der Waals surface area contributed by atoms with Gasteiger partial charge in [0.05, 0.1) is 17.3 Å². The second-order valence-electron chi connectivity index (χ2n) is 5.21. The summed E-state index contributed by atoms with van der Waals surface area (Å²) >= 11 is 0. The smallest absolute Gasteiger partial charge is 0.244 e. The Kier molecular flexibility index (Phi) is 2.39. The van der Waals surface area contributed by atoms with Crippen LogP contribution >= 0.6 is 0 Å². The van der Waals surface area contributed by atoms with E-state index in [0.29, 0.717) is 16.9 Å². The summed E-state index contributed by atoms with van der Waals surface area (Å²) in [6.07, 6.45) is 0. The summed E-state index contributed by atoms with van der Waals surface area (Å²) in [4.78, 5) is 25.8. The van der Waals surface area contributed by atoms with Crippen LogP contribution in [0.15, 0.2) is 42.5 Å². The third kappa shape index (κ3) is 1.67. The van der Waals surface area contributed by atoms with Gasteiger partial charge in [0.25, 0.3) is 0 Å². The Labute approximate surface area is 120 Å². The van der Waals surface area contributed by atoms with E-state index in [1.54, 1.807) is 0 Å². The van der Waals surface area contributed by atoms with E-state index < -0.39 is 11.7 Å². The van der Waals surface area contributed by atoms with E-state index in [1.807, 2.05) is 30.3 Å². The molecular weight excluding hydrogens is 271 g/mol. The average Bonchev–Trinajstić information content (AvgIpc) is 2.73. The van der Waals surface area contributed by atoms with Gasteiger partial charge in [0.15, 0.2) is 0 Å². The van der Waals surface area contributed by atoms with Gasteiger partial charge in [-0.2, -0.15) is 0 Å². The fourth-order valence-electron chi connectivity index (χ4n) is 3.09. The van der Waals surface area contributed by atoms with Crippen molar-refractivity contribution in [2.24, 2.45) is 0 Å². The molecule has 0 bridgehead atoms. The Bertz CT molecular complexity index is 773. The van der Waals surface area contributed by atoms with Gasteiger partial charge in [-0.1, -0.05) is 30.3 Å². The number of hydrogen-bond acceptors (Lipinski definition) is 2. The van der Waals surface area contributed by atoms with Crippen molar-refractivity contribution < 1.29 is 14.0 Å². The standard InChI is InChI=1S/C16H11FN2O2/c17-10-6-11-14(9-4-2-1-3-5-9)16(21)19-8-13(20)18-12(7-10)15(11)19/h1-7,14H,8H2,(H,18,20). The molecular formula is C16H11FN2O2. The van der Waals surface area contributed by atoms with Gasteiger partial charge >= 0.3 is 0 Å². The Morgan fingerprint density at radius 2 is 1.90 bits per heavy atom. The number of anilines is 2. The maximum Gasteiger partial charge on any atom is 0.244 e. The van der Waals surface area contributed by atoms with Crippen molar-refractivity contribution in [1.82, 2.24) is 0 Å². The number of carbonyl (C=O) groups is 2. The summed E-state index contributed by atoms with van der Waals surface area (Å²) in [6, 6.07) is 11.9. The summed E-state index contributed by atoms with van der Waals surface area (Å²) in [5, 5.41) is 2.63. The summed E-state index contributed by atoms with van der Waals surface area (Å²) in [5.41, 5.74) is 2.40. The molecule has 0 radical (unpaired) electrons. The lowest BCUT2D eigenvalue weighted by atomic mass is 9.92. The zero-order valence-corrected chi connectivity index (χ0v) is 11.0. The van der Waals surface area contributed by atoms with Crippen molar-refractivity contribution in [3.8, 4) is 0 Å². The monoisotopic (exact) mass is 282 g/mol. The minimum atomic E-state index is -0.552. The molecule has 0 aliphatic carbocycles. The zero-order valence-electron chi connectivity index (χ0n) is 11.0. The van der Waals surface area contributed by atoms with E-state index in [1.165, 1.54) is 17.0 Å². The van der Waals surface area contributed by atoms with E-state index >= 15 is 0 Å². The Balaban J connectivity index is 1.96. The Morgan fingerprint density at radius 3 is 2.67 bits per heavy atom. The molecule has 0 saturated carbocycles. The zero-order chi connectivity index (χ0) is 14.6. The predicted molar refractivity (Wildman–Crippen MR) is 75.7 cm³/mol. The van der Waals surface area contributed by atoms with Crippen molar-refractivity contribution >= 4 is 23.2 Å². The van der Waals surface area contributed by atoms with Crippen molar-refractivity contribution in [2.75, 3.05) is 16.8 Å². The maximum absolute atomic E-state index is 13.8. The SMILES string of the molecule is O=C1CN2C(=O)C(c3ccccc3)c3cc(F)cc(c32)N1. The van der Waals surface area contributed by atoms with Gasteiger partial charge in [0, 0.05) is 0 Å². The van der Waals surface area contributed by atoms with Crippen molar-refractivity contribution in [3.63, 3.8) is 0 Å². The summed E-state index contributed by atoms with van der Waals surface area (Å²) in [7, 11) is 0. The Morgan fingerprint density at radius 1 is 1.14 bits per heavy atom. The van der Waals surface area contributed by atoms with Crippen LogP contribution in [0.4, 0.5) is 15.8 Å². The number of carbonyl (C=O) groups excluding carboxylic acids is 2. The van der Waals surface area contributed by atoms with Crippen LogP contribution in [0.3, 0.4) is 0 Å². The molecule has 2 heterocycles. The number of nitrogens with zero attached hydrogens (tertiary/aromatic N) is 1. The lowest BCUT2D eigenvalue weighted by Gasteiger charge is -2.25. The summed E-state index contributed by atoms with van der Waals surface area (Å²) < 4.78 is 13.8. The fraction of sp³-hybridized carbons (Fsp3) is 0.125. The molecule has 2 aromatic rings. The first-order valence-electron chi connectivity index (χ1n) is 6.65. The molecule has 0 saturated heterocycles. The highest BCUT2D eigenvalue weighted by atomic mass is 19.1. The maximum atomic E-state index is 13.8. The molecule has 1 unspecified atom stereocenters. The van der Waals surface area contributed by atoms with Gasteiger partial charge in [-0.15, -0.1) is 0 Å². The lowest BCUT2D eigenvalue weighted by molar-refractivity contribution is -0.121. The minimum Gasteiger partial charge on any atom is -0.323 e. The lowest BCUT2D eigenvalue weighted by Crippen LogP contribution is -2.40. The molecule has 2 aromatic carbocycles. The van der Waals surface area contributed by atoms with E-state index in [4.69, 9.17) is 0 Å². The largest absolute Gasteiger partial charge is 0.323 e. The Hall–Kier alpha value is -2.69. The van der Waals surface area contributed by atoms with Crippen LogP contribution in [-0.4, -0.2) is 18.4 Å². The molecule has 5 heteroatoms. The molecule has 1 N–H and O–H groups in total. The molecule has 21 heavy (non-hydrogen) atoms. The number of halogens is 1. The molecule has 0 aromatic heterocycles. The van der Waals surface area contributed by atoms with Crippen LogP contribution in [0.1, 0.15) is 17.0 Å². The molecule has 2 aliphatic rings. The molecule has 0 fully saturated rings. The first-order chi connectivity index (χ1) is 10.1. The van der Waals surface area contributed by atoms with Gasteiger partial charge in [0.2, 0.25) is 11.8 Å². The quantitative estimate of drug-likeness (QED) is 0.872. The van der Waals surface area contributed by atoms with E-state index in [-0.39, 0.29) is 18.4 Å². The van der Waals surface area contributed by atoms with E-state index in [2.05, 4.69) is 5.32 Å². The minimum absolute atomic E-state index is 0.0200. The second kappa shape index (κ2) is 4.15. The predicted octanol–water partition coefficient (Wildman–Crippen LogP) is 2.26. The number of amides is 2. The number of nitrogens with one attached hydrogen (secondary N) is 1. The normalized spacial score (nSPS) is 19.5. The molecule has 2 aliphatic heterocycles. The first kappa shape index (κ1) is 12.1. The highest BCUT2D eigenvalue weighted by molar-refractivity contribution is 6.17. The summed E-state index contributed by atoms with van der Waals surface area (Å²) in [6.45, 7) is -0.0200. The topological polar surface area (TPSA) is 49.4 Å². The number of rotatable bonds is 1. The molecule has 0 spiro atoms. The second-order valence-corrected chi connectivity index (χ2v) is 5.21. The average molecular weight is 282 g/mol. The van der Waals surface area contributed by atoms with Crippen LogP contribution in [0.5, 0.6) is 0 Å². The number of benzene rings is 2. The van der Waals surface area contributed by atoms with Crippen LogP contribution < -0.4 is 10.2 Å². The van der Waals surface area contributed by atoms with Crippen LogP contribution in [0.2, 0.25) is 0 Å². The molecule has 4 nitrogen and oxygen atoms in total. The van der Waals surface area contributed by atoms with E-state index in [0.717, 1.165) is 5.56 Å². The third-order valence-electron chi connectivity index (χ3n) is 3.91. The van der Waals surface area contributed by atoms with Crippen molar-refractivity contribution in [1.29, 1.82) is 0 Å². The first-order valence-corrected chi connectivity index (χ1v) is 6.65. The molecule has 4 rings (SSSR count). The third-order valence-corrected chi connectivity index (χ3v) is 3.91. The van der Waals surface area contributed by atoms with Gasteiger partial charge in [-0.05, 0) is 23.3 Å². The van der Waals surface area contributed by atoms with Crippen molar-refractivity contribution in [2.45, 2.75) is 5.92 Å². The molecule has 104 valence electrons. The molecule has 2 amide bonds. The van der Waals surface area contributed by atoms with Gasteiger partial charge in [0.1, 0.15) is 12.4 Å². The van der Waals surface area contributed by atoms with Gasteiger partial charge in [-0.25, -0.2) is 4.39 Å². The highest BCUT2D eigenvalue weighted by Gasteiger charge is 2.43. The van der Waals surface area contributed by atoms with Crippen LogP contribution in [0.25, 0.3) is 0 Å². The fourth-order valence-corrected chi connectivity index (χ4v) is 3.09. The number of hydrogen-bond donors (Lipinski definition) is 1. The molecule has 1 atom stereocenters. The van der Waals surface area contributed by atoms with Crippen LogP contribution in [-0.2, 0) is 9.59 Å². The van der Waals surface area contributed by atoms with Gasteiger partial charge < -0.3 is 5.32 Å². The van der Waals surface area contributed by atoms with E-state index in [9.17, 15) is 14.0 Å². The van der Waals surface area contributed by atoms with Crippen LogP contribution in [0, 0.1) is 5.82 Å². The summed E-state index contributed by atoms with van der Waals surface area (Å²) in [5.74, 6) is -1.50. The van der Waals surface area contributed by atoms with Crippen molar-refractivity contribution in [3.05, 3.63) is 59.4 Å².